The van der Waals surface area contributed by atoms with E-state index in [1.807, 2.05) is 6.92 Å². The topological polar surface area (TPSA) is 66.8 Å². The lowest BCUT2D eigenvalue weighted by atomic mass is 9.84. The second kappa shape index (κ2) is 5.31. The molecule has 4 atom stereocenters. The molecule has 1 heterocycles. The van der Waals surface area contributed by atoms with Crippen LogP contribution in [0.3, 0.4) is 0 Å². The van der Waals surface area contributed by atoms with Crippen LogP contribution in [0.5, 0.6) is 0 Å². The largest absolute Gasteiger partial charge is 0.458 e. The molecule has 4 heteroatoms. The standard InChI is InChI=1S/C15H20O4/c1-8-4-5-11(16)9(2)7-13-14(12(17)6-8)10(3)15(18)19-13/h6,11-14,16-17H,2-5,7H2,1H3/b8-6+/t11-,12+,13-,14+/m1/s1. The molecule has 1 fully saturated rings. The fraction of sp³-hybridized carbons (Fsp3) is 0.533. The molecule has 0 amide bonds. The minimum absolute atomic E-state index is 0.296. The molecule has 2 N–H and O–H groups in total. The molecule has 0 spiro atoms. The van der Waals surface area contributed by atoms with Crippen LogP contribution >= 0.6 is 0 Å². The maximum atomic E-state index is 11.6. The summed E-state index contributed by atoms with van der Waals surface area (Å²) in [6.07, 6.45) is 1.47. The molecule has 1 aliphatic carbocycles. The SMILES string of the molecule is C=C1C(=O)O[C@@H]2CC(=C)[C@H](O)CC/C(C)=C/[C@H](O)[C@H]12. The Balaban J connectivity index is 2.33. The van der Waals surface area contributed by atoms with Gasteiger partial charge >= 0.3 is 5.97 Å². The number of esters is 1. The molecule has 0 unspecified atom stereocenters. The van der Waals surface area contributed by atoms with Crippen LogP contribution in [0.4, 0.5) is 0 Å². The molecule has 0 saturated carbocycles. The van der Waals surface area contributed by atoms with E-state index in [4.69, 9.17) is 4.74 Å². The Morgan fingerprint density at radius 2 is 2.05 bits per heavy atom. The van der Waals surface area contributed by atoms with Crippen LogP contribution in [0.2, 0.25) is 0 Å². The first-order chi connectivity index (χ1) is 8.90. The van der Waals surface area contributed by atoms with Crippen molar-refractivity contribution < 1.29 is 19.7 Å². The van der Waals surface area contributed by atoms with Gasteiger partial charge in [0.25, 0.3) is 0 Å². The van der Waals surface area contributed by atoms with Gasteiger partial charge in [0.15, 0.2) is 0 Å². The monoisotopic (exact) mass is 264 g/mol. The third kappa shape index (κ3) is 2.80. The van der Waals surface area contributed by atoms with Crippen molar-refractivity contribution in [2.75, 3.05) is 0 Å². The maximum absolute atomic E-state index is 11.6. The van der Waals surface area contributed by atoms with Crippen LogP contribution in [0.15, 0.2) is 36.0 Å². The summed E-state index contributed by atoms with van der Waals surface area (Å²) in [6.45, 7) is 9.47. The van der Waals surface area contributed by atoms with Gasteiger partial charge in [-0.1, -0.05) is 24.8 Å². The number of rotatable bonds is 0. The Labute approximate surface area is 113 Å². The first kappa shape index (κ1) is 14.0. The average Bonchev–Trinajstić information content (AvgIpc) is 2.60. The highest BCUT2D eigenvalue weighted by molar-refractivity contribution is 5.91. The van der Waals surface area contributed by atoms with Crippen molar-refractivity contribution in [2.24, 2.45) is 5.92 Å². The summed E-state index contributed by atoms with van der Waals surface area (Å²) in [5.74, 6) is -0.925. The first-order valence-corrected chi connectivity index (χ1v) is 6.51. The number of ether oxygens (including phenoxy) is 1. The number of allylic oxidation sites excluding steroid dienone is 1. The summed E-state index contributed by atoms with van der Waals surface area (Å²) in [5, 5.41) is 20.2. The molecule has 19 heavy (non-hydrogen) atoms. The summed E-state index contributed by atoms with van der Waals surface area (Å²) < 4.78 is 5.23. The third-order valence-corrected chi connectivity index (χ3v) is 3.89. The van der Waals surface area contributed by atoms with Gasteiger partial charge < -0.3 is 14.9 Å². The van der Waals surface area contributed by atoms with Gasteiger partial charge in [0, 0.05) is 12.0 Å². The Morgan fingerprint density at radius 1 is 1.37 bits per heavy atom. The van der Waals surface area contributed by atoms with Crippen LogP contribution in [0.1, 0.15) is 26.2 Å². The van der Waals surface area contributed by atoms with E-state index >= 15 is 0 Å². The van der Waals surface area contributed by atoms with E-state index in [-0.39, 0.29) is 0 Å². The van der Waals surface area contributed by atoms with Gasteiger partial charge in [-0.2, -0.15) is 0 Å². The molecule has 1 saturated heterocycles. The molecule has 0 aromatic carbocycles. The third-order valence-electron chi connectivity index (χ3n) is 3.89. The van der Waals surface area contributed by atoms with Gasteiger partial charge in [-0.25, -0.2) is 4.79 Å². The van der Waals surface area contributed by atoms with Gasteiger partial charge in [0.2, 0.25) is 0 Å². The molecule has 0 radical (unpaired) electrons. The first-order valence-electron chi connectivity index (χ1n) is 6.51. The van der Waals surface area contributed by atoms with Crippen molar-refractivity contribution >= 4 is 5.97 Å². The minimum Gasteiger partial charge on any atom is -0.458 e. The van der Waals surface area contributed by atoms with Crippen molar-refractivity contribution in [3.63, 3.8) is 0 Å². The van der Waals surface area contributed by atoms with E-state index < -0.39 is 30.2 Å². The van der Waals surface area contributed by atoms with E-state index in [9.17, 15) is 15.0 Å². The van der Waals surface area contributed by atoms with Crippen LogP contribution < -0.4 is 0 Å². The molecule has 0 aromatic heterocycles. The Kier molecular flexibility index (Phi) is 3.92. The highest BCUT2D eigenvalue weighted by Gasteiger charge is 2.42. The molecule has 2 rings (SSSR count). The van der Waals surface area contributed by atoms with Crippen LogP contribution in [-0.2, 0) is 9.53 Å². The molecule has 0 aromatic rings. The second-order valence-corrected chi connectivity index (χ2v) is 5.42. The van der Waals surface area contributed by atoms with Gasteiger partial charge in [-0.3, -0.25) is 0 Å². The van der Waals surface area contributed by atoms with Gasteiger partial charge in [-0.05, 0) is 25.3 Å². The molecular formula is C15H20O4. The molecule has 104 valence electrons. The lowest BCUT2D eigenvalue weighted by molar-refractivity contribution is -0.139. The minimum atomic E-state index is -0.785. The molecular weight excluding hydrogens is 244 g/mol. The van der Waals surface area contributed by atoms with E-state index in [0.717, 1.165) is 5.57 Å². The average molecular weight is 264 g/mol. The summed E-state index contributed by atoms with van der Waals surface area (Å²) in [5.41, 5.74) is 1.91. The van der Waals surface area contributed by atoms with Crippen LogP contribution in [0, 0.1) is 5.92 Å². The number of hydrogen-bond acceptors (Lipinski definition) is 4. The van der Waals surface area contributed by atoms with Crippen molar-refractivity contribution in [1.82, 2.24) is 0 Å². The zero-order valence-corrected chi connectivity index (χ0v) is 11.1. The van der Waals surface area contributed by atoms with E-state index in [2.05, 4.69) is 13.2 Å². The lowest BCUT2D eigenvalue weighted by Gasteiger charge is -2.25. The summed E-state index contributed by atoms with van der Waals surface area (Å²) in [6, 6.07) is 0. The van der Waals surface area contributed by atoms with Crippen molar-refractivity contribution in [3.05, 3.63) is 36.0 Å². The van der Waals surface area contributed by atoms with E-state index in [1.54, 1.807) is 6.08 Å². The summed E-state index contributed by atoms with van der Waals surface area (Å²) in [7, 11) is 0. The van der Waals surface area contributed by atoms with Crippen molar-refractivity contribution in [3.8, 4) is 0 Å². The van der Waals surface area contributed by atoms with Crippen LogP contribution in [0.25, 0.3) is 0 Å². The highest BCUT2D eigenvalue weighted by Crippen LogP contribution is 2.35. The Hall–Kier alpha value is -1.39. The summed E-state index contributed by atoms with van der Waals surface area (Å²) >= 11 is 0. The zero-order chi connectivity index (χ0) is 14.2. The smallest absolute Gasteiger partial charge is 0.334 e. The lowest BCUT2D eigenvalue weighted by Crippen LogP contribution is -2.30. The Morgan fingerprint density at radius 3 is 2.74 bits per heavy atom. The summed E-state index contributed by atoms with van der Waals surface area (Å²) in [4.78, 5) is 11.6. The number of carbonyl (C=O) groups is 1. The van der Waals surface area contributed by atoms with Gasteiger partial charge in [0.1, 0.15) is 6.10 Å². The number of hydrogen-bond donors (Lipinski definition) is 2. The molecule has 1 aliphatic heterocycles. The van der Waals surface area contributed by atoms with Crippen molar-refractivity contribution in [2.45, 2.75) is 44.5 Å². The zero-order valence-electron chi connectivity index (χ0n) is 11.1. The molecule has 2 aliphatic rings. The quantitative estimate of drug-likeness (QED) is 0.395. The predicted molar refractivity (Wildman–Crippen MR) is 71.3 cm³/mol. The maximum Gasteiger partial charge on any atom is 0.334 e. The molecule has 4 nitrogen and oxygen atoms in total. The normalized spacial score (nSPS) is 39.3. The van der Waals surface area contributed by atoms with Gasteiger partial charge in [0.05, 0.1) is 18.1 Å². The van der Waals surface area contributed by atoms with Crippen molar-refractivity contribution in [1.29, 1.82) is 0 Å². The predicted octanol–water partition coefficient (Wildman–Crippen LogP) is 1.49. The fourth-order valence-corrected chi connectivity index (χ4v) is 2.68. The number of aliphatic hydroxyl groups excluding tert-OH is 2. The van der Waals surface area contributed by atoms with Crippen LogP contribution in [-0.4, -0.2) is 34.5 Å². The van der Waals surface area contributed by atoms with E-state index in [1.165, 1.54) is 0 Å². The van der Waals surface area contributed by atoms with Gasteiger partial charge in [-0.15, -0.1) is 0 Å². The number of carbonyl (C=O) groups excluding carboxylic acids is 1. The number of aliphatic hydroxyl groups is 2. The molecule has 0 bridgehead atoms. The second-order valence-electron chi connectivity index (χ2n) is 5.42. The Bertz CT molecular complexity index is 449. The van der Waals surface area contributed by atoms with E-state index in [0.29, 0.717) is 30.4 Å². The number of fused-ring (bicyclic) bond motifs is 1. The fourth-order valence-electron chi connectivity index (χ4n) is 2.68. The highest BCUT2D eigenvalue weighted by atomic mass is 16.6.